The number of benzene rings is 1. The SMILES string of the molecule is O=C(CN1C(=O)COc2cc(Br)ccc21)N1CCC(C2OCCO2)CC1. The van der Waals surface area contributed by atoms with Gasteiger partial charge in [-0.2, -0.15) is 0 Å². The second kappa shape index (κ2) is 7.54. The summed E-state index contributed by atoms with van der Waals surface area (Å²) in [4.78, 5) is 28.4. The van der Waals surface area contributed by atoms with Crippen molar-refractivity contribution in [2.45, 2.75) is 19.1 Å². The van der Waals surface area contributed by atoms with Gasteiger partial charge in [0.15, 0.2) is 12.9 Å². The number of anilines is 1. The van der Waals surface area contributed by atoms with Crippen molar-refractivity contribution in [2.75, 3.05) is 44.4 Å². The summed E-state index contributed by atoms with van der Waals surface area (Å²) in [5.74, 6) is 0.710. The molecule has 2 saturated heterocycles. The van der Waals surface area contributed by atoms with Crippen LogP contribution in [0.5, 0.6) is 5.75 Å². The molecule has 0 spiro atoms. The maximum absolute atomic E-state index is 12.7. The molecule has 0 radical (unpaired) electrons. The van der Waals surface area contributed by atoms with Gasteiger partial charge in [-0.15, -0.1) is 0 Å². The molecule has 8 heteroatoms. The number of nitrogens with zero attached hydrogens (tertiary/aromatic N) is 2. The minimum Gasteiger partial charge on any atom is -0.482 e. The second-order valence-corrected chi connectivity index (χ2v) is 7.62. The minimum atomic E-state index is -0.198. The molecule has 0 bridgehead atoms. The first-order valence-corrected chi connectivity index (χ1v) is 9.65. The Kier molecular flexibility index (Phi) is 5.15. The third-order valence-electron chi connectivity index (χ3n) is 5.08. The van der Waals surface area contributed by atoms with Crippen molar-refractivity contribution in [3.63, 3.8) is 0 Å². The number of carbonyl (C=O) groups is 2. The van der Waals surface area contributed by atoms with E-state index in [1.807, 2.05) is 17.0 Å². The Hall–Kier alpha value is -1.64. The lowest BCUT2D eigenvalue weighted by Crippen LogP contribution is -2.49. The summed E-state index contributed by atoms with van der Waals surface area (Å²) in [5.41, 5.74) is 0.639. The number of amides is 2. The van der Waals surface area contributed by atoms with E-state index in [1.165, 1.54) is 4.90 Å². The van der Waals surface area contributed by atoms with Crippen LogP contribution in [-0.2, 0) is 19.1 Å². The number of ether oxygens (including phenoxy) is 3. The van der Waals surface area contributed by atoms with E-state index in [-0.39, 0.29) is 31.3 Å². The quantitative estimate of drug-likeness (QED) is 0.739. The van der Waals surface area contributed by atoms with Crippen molar-refractivity contribution >= 4 is 33.4 Å². The molecule has 0 unspecified atom stereocenters. The molecule has 3 heterocycles. The van der Waals surface area contributed by atoms with Crippen LogP contribution in [0.4, 0.5) is 5.69 Å². The summed E-state index contributed by atoms with van der Waals surface area (Å²) in [6.07, 6.45) is 1.59. The Morgan fingerprint density at radius 3 is 2.65 bits per heavy atom. The van der Waals surface area contributed by atoms with Gasteiger partial charge in [0.05, 0.1) is 18.9 Å². The number of hydrogen-bond acceptors (Lipinski definition) is 5. The Morgan fingerprint density at radius 1 is 1.19 bits per heavy atom. The van der Waals surface area contributed by atoms with Crippen LogP contribution in [0.1, 0.15) is 12.8 Å². The Bertz CT molecular complexity index is 699. The molecule has 2 fully saturated rings. The molecule has 0 N–H and O–H groups in total. The minimum absolute atomic E-state index is 0.0396. The molecule has 0 atom stereocenters. The van der Waals surface area contributed by atoms with E-state index in [9.17, 15) is 9.59 Å². The second-order valence-electron chi connectivity index (χ2n) is 6.71. The lowest BCUT2D eigenvalue weighted by Gasteiger charge is -2.36. The molecule has 2 amide bonds. The van der Waals surface area contributed by atoms with Gasteiger partial charge in [0, 0.05) is 23.5 Å². The van der Waals surface area contributed by atoms with E-state index in [0.717, 1.165) is 17.3 Å². The average molecular weight is 425 g/mol. The van der Waals surface area contributed by atoms with Crippen LogP contribution in [0.15, 0.2) is 22.7 Å². The Labute approximate surface area is 160 Å². The van der Waals surface area contributed by atoms with Crippen LogP contribution >= 0.6 is 15.9 Å². The van der Waals surface area contributed by atoms with Crippen molar-refractivity contribution in [3.8, 4) is 5.75 Å². The maximum atomic E-state index is 12.7. The highest BCUT2D eigenvalue weighted by Gasteiger charge is 2.34. The zero-order valence-electron chi connectivity index (χ0n) is 14.4. The van der Waals surface area contributed by atoms with Crippen LogP contribution < -0.4 is 9.64 Å². The number of piperidine rings is 1. The molecule has 7 nitrogen and oxygen atoms in total. The molecule has 3 aliphatic rings. The number of carbonyl (C=O) groups excluding carboxylic acids is 2. The summed E-state index contributed by atoms with van der Waals surface area (Å²) in [6, 6.07) is 5.45. The lowest BCUT2D eigenvalue weighted by atomic mass is 9.96. The van der Waals surface area contributed by atoms with Crippen molar-refractivity contribution in [1.29, 1.82) is 0 Å². The van der Waals surface area contributed by atoms with E-state index in [2.05, 4.69) is 15.9 Å². The molecule has 0 aromatic heterocycles. The first kappa shape index (κ1) is 17.8. The molecule has 1 aromatic carbocycles. The van der Waals surface area contributed by atoms with Crippen LogP contribution in [-0.4, -0.2) is 62.5 Å². The highest BCUT2D eigenvalue weighted by molar-refractivity contribution is 9.10. The molecule has 0 aliphatic carbocycles. The lowest BCUT2D eigenvalue weighted by molar-refractivity contribution is -0.136. The highest BCUT2D eigenvalue weighted by atomic mass is 79.9. The molecule has 0 saturated carbocycles. The fourth-order valence-corrected chi connectivity index (χ4v) is 4.00. The third-order valence-corrected chi connectivity index (χ3v) is 5.58. The molecule has 1 aromatic rings. The zero-order chi connectivity index (χ0) is 18.1. The fraction of sp³-hybridized carbons (Fsp3) is 0.556. The van der Waals surface area contributed by atoms with Gasteiger partial charge in [-0.25, -0.2) is 0 Å². The van der Waals surface area contributed by atoms with Gasteiger partial charge in [-0.3, -0.25) is 14.5 Å². The summed E-state index contributed by atoms with van der Waals surface area (Å²) in [5, 5.41) is 0. The number of rotatable bonds is 3. The van der Waals surface area contributed by atoms with Gasteiger partial charge in [0.1, 0.15) is 12.3 Å². The Balaban J connectivity index is 1.38. The van der Waals surface area contributed by atoms with Crippen LogP contribution in [0, 0.1) is 5.92 Å². The van der Waals surface area contributed by atoms with Crippen molar-refractivity contribution in [3.05, 3.63) is 22.7 Å². The van der Waals surface area contributed by atoms with Crippen LogP contribution in [0.25, 0.3) is 0 Å². The van der Waals surface area contributed by atoms with Gasteiger partial charge >= 0.3 is 0 Å². The number of halogens is 1. The zero-order valence-corrected chi connectivity index (χ0v) is 15.9. The summed E-state index contributed by atoms with van der Waals surface area (Å²) in [6.45, 7) is 2.63. The van der Waals surface area contributed by atoms with E-state index in [4.69, 9.17) is 14.2 Å². The van der Waals surface area contributed by atoms with Gasteiger partial charge in [0.2, 0.25) is 5.91 Å². The van der Waals surface area contributed by atoms with Crippen molar-refractivity contribution < 1.29 is 23.8 Å². The maximum Gasteiger partial charge on any atom is 0.265 e. The summed E-state index contributed by atoms with van der Waals surface area (Å²) in [7, 11) is 0. The van der Waals surface area contributed by atoms with Crippen LogP contribution in [0.2, 0.25) is 0 Å². The summed E-state index contributed by atoms with van der Waals surface area (Å²) < 4.78 is 17.5. The molecular formula is C18H21BrN2O5. The molecule has 140 valence electrons. The van der Waals surface area contributed by atoms with Gasteiger partial charge < -0.3 is 19.1 Å². The number of likely N-dealkylation sites (tertiary alicyclic amines) is 1. The van der Waals surface area contributed by atoms with Gasteiger partial charge in [0.25, 0.3) is 5.91 Å². The first-order chi connectivity index (χ1) is 12.6. The fourth-order valence-electron chi connectivity index (χ4n) is 3.66. The van der Waals surface area contributed by atoms with Crippen molar-refractivity contribution in [1.82, 2.24) is 4.90 Å². The third kappa shape index (κ3) is 3.58. The Morgan fingerprint density at radius 2 is 1.92 bits per heavy atom. The van der Waals surface area contributed by atoms with Crippen LogP contribution in [0.3, 0.4) is 0 Å². The smallest absolute Gasteiger partial charge is 0.265 e. The number of hydrogen-bond donors (Lipinski definition) is 0. The summed E-state index contributed by atoms with van der Waals surface area (Å²) >= 11 is 3.39. The first-order valence-electron chi connectivity index (χ1n) is 8.85. The predicted molar refractivity (Wildman–Crippen MR) is 97.0 cm³/mol. The highest BCUT2D eigenvalue weighted by Crippen LogP contribution is 2.34. The topological polar surface area (TPSA) is 68.3 Å². The normalized spacial score (nSPS) is 21.7. The molecule has 3 aliphatic heterocycles. The van der Waals surface area contributed by atoms with E-state index in [1.54, 1.807) is 6.07 Å². The van der Waals surface area contributed by atoms with Gasteiger partial charge in [-0.1, -0.05) is 15.9 Å². The van der Waals surface area contributed by atoms with Gasteiger partial charge in [-0.05, 0) is 31.0 Å². The monoisotopic (exact) mass is 424 g/mol. The van der Waals surface area contributed by atoms with E-state index < -0.39 is 0 Å². The largest absolute Gasteiger partial charge is 0.482 e. The molecule has 26 heavy (non-hydrogen) atoms. The molecular weight excluding hydrogens is 404 g/mol. The predicted octanol–water partition coefficient (Wildman–Crippen LogP) is 1.79. The number of fused-ring (bicyclic) bond motifs is 1. The van der Waals surface area contributed by atoms with E-state index >= 15 is 0 Å². The van der Waals surface area contributed by atoms with Crippen molar-refractivity contribution in [2.24, 2.45) is 5.92 Å². The average Bonchev–Trinajstić information content (AvgIpc) is 3.19. The standard InChI is InChI=1S/C18H21BrN2O5/c19-13-1-2-14-15(9-13)26-11-17(23)21(14)10-16(22)20-5-3-12(4-6-20)18-24-7-8-25-18/h1-2,9,12,18H,3-8,10-11H2. The molecule has 4 rings (SSSR count). The van der Waals surface area contributed by atoms with E-state index in [0.29, 0.717) is 43.7 Å².